The topological polar surface area (TPSA) is 57.5 Å². The van der Waals surface area contributed by atoms with Crippen molar-refractivity contribution in [3.63, 3.8) is 0 Å². The lowest BCUT2D eigenvalue weighted by Gasteiger charge is -2.15. The van der Waals surface area contributed by atoms with Gasteiger partial charge in [0.1, 0.15) is 0 Å². The van der Waals surface area contributed by atoms with Crippen LogP contribution >= 0.6 is 23.2 Å². The second-order valence-corrected chi connectivity index (χ2v) is 4.30. The molecule has 0 saturated carbocycles. The number of hydrogen-bond acceptors (Lipinski definition) is 2. The number of aliphatic hydroxyl groups is 1. The molecule has 0 fully saturated rings. The van der Waals surface area contributed by atoms with Crippen LogP contribution in [0.5, 0.6) is 0 Å². The monoisotopic (exact) mass is 276 g/mol. The van der Waals surface area contributed by atoms with E-state index < -0.39 is 12.1 Å². The number of carboxylic acid groups (broad SMARTS) is 1. The van der Waals surface area contributed by atoms with Crippen LogP contribution in [0.4, 0.5) is 0 Å². The van der Waals surface area contributed by atoms with Crippen LogP contribution in [0.3, 0.4) is 0 Å². The minimum absolute atomic E-state index is 0.175. The molecule has 0 saturated heterocycles. The van der Waals surface area contributed by atoms with E-state index >= 15 is 0 Å². The summed E-state index contributed by atoms with van der Waals surface area (Å²) in [6, 6.07) is 5.32. The van der Waals surface area contributed by atoms with Crippen LogP contribution in [0, 0.1) is 0 Å². The number of benzene rings is 1. The quantitative estimate of drug-likeness (QED) is 0.786. The molecular weight excluding hydrogens is 263 g/mol. The molecule has 0 radical (unpaired) electrons. The fourth-order valence-corrected chi connectivity index (χ4v) is 2.10. The molecule has 0 bridgehead atoms. The molecule has 5 heteroatoms. The molecule has 0 aliphatic heterocycles. The second-order valence-electron chi connectivity index (χ2n) is 3.66. The molecule has 0 heterocycles. The molecule has 1 rings (SSSR count). The predicted molar refractivity (Wildman–Crippen MR) is 67.6 cm³/mol. The van der Waals surface area contributed by atoms with Gasteiger partial charge in [0.25, 0.3) is 0 Å². The zero-order valence-corrected chi connectivity index (χ0v) is 10.7. The number of carbonyl (C=O) groups is 1. The lowest BCUT2D eigenvalue weighted by atomic mass is 9.94. The molecule has 0 amide bonds. The molecule has 0 aliphatic rings. The van der Waals surface area contributed by atoms with Crippen molar-refractivity contribution in [2.45, 2.75) is 24.8 Å². The van der Waals surface area contributed by atoms with Crippen LogP contribution in [0.1, 0.15) is 29.2 Å². The molecule has 0 aliphatic carbocycles. The van der Waals surface area contributed by atoms with Crippen molar-refractivity contribution in [2.24, 2.45) is 0 Å². The molecule has 17 heavy (non-hydrogen) atoms. The van der Waals surface area contributed by atoms with Gasteiger partial charge in [-0.3, -0.25) is 0 Å². The minimum atomic E-state index is -1.53. The van der Waals surface area contributed by atoms with Crippen molar-refractivity contribution in [1.29, 1.82) is 0 Å². The molecule has 1 aromatic carbocycles. The maximum atomic E-state index is 10.9. The van der Waals surface area contributed by atoms with Crippen molar-refractivity contribution < 1.29 is 15.0 Å². The lowest BCUT2D eigenvalue weighted by Crippen LogP contribution is -2.15. The van der Waals surface area contributed by atoms with E-state index in [4.69, 9.17) is 28.3 Å². The molecule has 1 atom stereocenters. The van der Waals surface area contributed by atoms with Crippen LogP contribution in [-0.4, -0.2) is 22.1 Å². The molecule has 3 nitrogen and oxygen atoms in total. The number of aliphatic carboxylic acids is 1. The number of aliphatic hydroxyl groups excluding tert-OH is 1. The average molecular weight is 277 g/mol. The van der Waals surface area contributed by atoms with Gasteiger partial charge in [-0.2, -0.15) is 0 Å². The van der Waals surface area contributed by atoms with Gasteiger partial charge >= 0.3 is 5.97 Å². The first kappa shape index (κ1) is 14.3. The van der Waals surface area contributed by atoms with E-state index in [0.717, 1.165) is 12.0 Å². The molecule has 94 valence electrons. The number of hydrogen-bond donors (Lipinski definition) is 2. The number of alkyl halides is 2. The van der Waals surface area contributed by atoms with E-state index in [0.29, 0.717) is 23.4 Å². The maximum absolute atomic E-state index is 10.9. The molecule has 1 aromatic rings. The van der Waals surface area contributed by atoms with Crippen LogP contribution < -0.4 is 0 Å². The highest BCUT2D eigenvalue weighted by Crippen LogP contribution is 2.25. The van der Waals surface area contributed by atoms with E-state index in [1.54, 1.807) is 18.2 Å². The van der Waals surface area contributed by atoms with Gasteiger partial charge in [-0.25, -0.2) is 4.79 Å². The standard InChI is InChI=1S/C12H14Cl2O3/c13-6-2-5-8-3-1-4-9(7-14)10(8)11(15)12(16)17/h1,3-4,11,15H,2,5-7H2,(H,16,17). The third kappa shape index (κ3) is 3.60. The SMILES string of the molecule is O=C(O)C(O)c1c(CCl)cccc1CCCCl. The fraction of sp³-hybridized carbons (Fsp3) is 0.417. The van der Waals surface area contributed by atoms with Gasteiger partial charge in [-0.05, 0) is 29.5 Å². The number of carboxylic acids is 1. The third-order valence-electron chi connectivity index (χ3n) is 2.52. The molecule has 1 unspecified atom stereocenters. The summed E-state index contributed by atoms with van der Waals surface area (Å²) < 4.78 is 0. The van der Waals surface area contributed by atoms with Gasteiger partial charge in [-0.15, -0.1) is 23.2 Å². The van der Waals surface area contributed by atoms with E-state index in [1.165, 1.54) is 0 Å². The van der Waals surface area contributed by atoms with Gasteiger partial charge < -0.3 is 10.2 Å². The van der Waals surface area contributed by atoms with E-state index in [-0.39, 0.29) is 5.88 Å². The van der Waals surface area contributed by atoms with Crippen molar-refractivity contribution in [3.8, 4) is 0 Å². The van der Waals surface area contributed by atoms with Gasteiger partial charge in [0.15, 0.2) is 6.10 Å². The largest absolute Gasteiger partial charge is 0.479 e. The van der Waals surface area contributed by atoms with Gasteiger partial charge in [0.05, 0.1) is 0 Å². The molecule has 0 spiro atoms. The summed E-state index contributed by atoms with van der Waals surface area (Å²) in [6.07, 6.45) is -0.171. The Balaban J connectivity index is 3.15. The second kappa shape index (κ2) is 6.84. The Morgan fingerprint density at radius 3 is 2.47 bits per heavy atom. The van der Waals surface area contributed by atoms with Crippen molar-refractivity contribution in [1.82, 2.24) is 0 Å². The van der Waals surface area contributed by atoms with Crippen molar-refractivity contribution >= 4 is 29.2 Å². The summed E-state index contributed by atoms with van der Waals surface area (Å²) in [4.78, 5) is 10.9. The first-order valence-electron chi connectivity index (χ1n) is 5.25. The molecule has 2 N–H and O–H groups in total. The summed E-state index contributed by atoms with van der Waals surface area (Å²) in [6.45, 7) is 0. The van der Waals surface area contributed by atoms with Crippen LogP contribution in [-0.2, 0) is 17.1 Å². The van der Waals surface area contributed by atoms with Crippen molar-refractivity contribution in [2.75, 3.05) is 5.88 Å². The van der Waals surface area contributed by atoms with Gasteiger partial charge in [0, 0.05) is 11.8 Å². The summed E-state index contributed by atoms with van der Waals surface area (Å²) in [5.41, 5.74) is 1.84. The summed E-state index contributed by atoms with van der Waals surface area (Å²) >= 11 is 11.4. The Morgan fingerprint density at radius 2 is 1.94 bits per heavy atom. The summed E-state index contributed by atoms with van der Waals surface area (Å²) in [5, 5.41) is 18.6. The molecular formula is C12H14Cl2O3. The minimum Gasteiger partial charge on any atom is -0.479 e. The smallest absolute Gasteiger partial charge is 0.337 e. The highest BCUT2D eigenvalue weighted by atomic mass is 35.5. The Morgan fingerprint density at radius 1 is 1.29 bits per heavy atom. The van der Waals surface area contributed by atoms with Crippen LogP contribution in [0.25, 0.3) is 0 Å². The Bertz CT molecular complexity index is 393. The first-order valence-corrected chi connectivity index (χ1v) is 6.32. The lowest BCUT2D eigenvalue weighted by molar-refractivity contribution is -0.147. The van der Waals surface area contributed by atoms with Crippen LogP contribution in [0.15, 0.2) is 18.2 Å². The van der Waals surface area contributed by atoms with Crippen molar-refractivity contribution in [3.05, 3.63) is 34.9 Å². The van der Waals surface area contributed by atoms with Crippen LogP contribution in [0.2, 0.25) is 0 Å². The Hall–Kier alpha value is -0.770. The van der Waals surface area contributed by atoms with E-state index in [9.17, 15) is 9.90 Å². The fourth-order valence-electron chi connectivity index (χ4n) is 1.73. The van der Waals surface area contributed by atoms with E-state index in [1.807, 2.05) is 0 Å². The average Bonchev–Trinajstić information content (AvgIpc) is 2.34. The summed E-state index contributed by atoms with van der Waals surface area (Å²) in [5.74, 6) is -0.600. The normalized spacial score (nSPS) is 12.4. The summed E-state index contributed by atoms with van der Waals surface area (Å²) in [7, 11) is 0. The number of aryl methyl sites for hydroxylation is 1. The zero-order valence-electron chi connectivity index (χ0n) is 9.20. The predicted octanol–water partition coefficient (Wildman–Crippen LogP) is 2.71. The third-order valence-corrected chi connectivity index (χ3v) is 3.07. The van der Waals surface area contributed by atoms with Gasteiger partial charge in [-0.1, -0.05) is 18.2 Å². The Kier molecular flexibility index (Phi) is 5.75. The first-order chi connectivity index (χ1) is 8.11. The van der Waals surface area contributed by atoms with E-state index in [2.05, 4.69) is 0 Å². The molecule has 0 aromatic heterocycles. The van der Waals surface area contributed by atoms with Gasteiger partial charge in [0.2, 0.25) is 0 Å². The zero-order chi connectivity index (χ0) is 12.8. The highest BCUT2D eigenvalue weighted by Gasteiger charge is 2.22. The highest BCUT2D eigenvalue weighted by molar-refractivity contribution is 6.17. The Labute approximate surface area is 110 Å². The number of rotatable bonds is 6. The number of halogens is 2. The maximum Gasteiger partial charge on any atom is 0.337 e.